The van der Waals surface area contributed by atoms with E-state index >= 15 is 0 Å². The van der Waals surface area contributed by atoms with Crippen LogP contribution in [0.5, 0.6) is 0 Å². The van der Waals surface area contributed by atoms with Gasteiger partial charge in [0, 0.05) is 0 Å². The van der Waals surface area contributed by atoms with Crippen LogP contribution in [0, 0.1) is 11.6 Å². The number of aromatic nitrogens is 1. The van der Waals surface area contributed by atoms with Gasteiger partial charge in [0.05, 0.1) is 0 Å². The van der Waals surface area contributed by atoms with Gasteiger partial charge < -0.3 is 4.42 Å². The molecule has 2 nitrogen and oxygen atoms in total. The standard InChI is InChI=1S/C26H19F2NOP/c27-22-16-17-23(28)26-25(22)29-24(30-26)18-31(19-10-4-1-5-11-19,20-12-6-2-7-13-20)21-14-8-3-9-15-21/h1-17H,18H2/q+1. The lowest BCUT2D eigenvalue weighted by Crippen LogP contribution is -2.32. The van der Waals surface area contributed by atoms with E-state index in [2.05, 4.69) is 41.4 Å². The van der Waals surface area contributed by atoms with E-state index in [4.69, 9.17) is 4.42 Å². The molecule has 4 aromatic carbocycles. The summed E-state index contributed by atoms with van der Waals surface area (Å²) in [5.74, 6) is -0.878. The maximum atomic E-state index is 14.3. The summed E-state index contributed by atoms with van der Waals surface area (Å²) in [5.41, 5.74) is -0.204. The fourth-order valence-electron chi connectivity index (χ4n) is 4.03. The molecule has 0 amide bonds. The molecule has 0 aliphatic heterocycles. The summed E-state index contributed by atoms with van der Waals surface area (Å²) in [4.78, 5) is 4.38. The molecule has 5 rings (SSSR count). The van der Waals surface area contributed by atoms with E-state index in [0.29, 0.717) is 12.1 Å². The van der Waals surface area contributed by atoms with E-state index in [1.807, 2.05) is 54.6 Å². The molecule has 0 saturated carbocycles. The van der Waals surface area contributed by atoms with Gasteiger partial charge in [-0.05, 0) is 48.5 Å². The topological polar surface area (TPSA) is 26.0 Å². The smallest absolute Gasteiger partial charge is 0.234 e. The molecule has 0 radical (unpaired) electrons. The SMILES string of the molecule is Fc1ccc(F)c2oc(C[P+](c3ccccc3)(c3ccccc3)c3ccccc3)nc12. The number of hydrogen-bond donors (Lipinski definition) is 0. The average molecular weight is 430 g/mol. The fraction of sp³-hybridized carbons (Fsp3) is 0.0385. The summed E-state index contributed by atoms with van der Waals surface area (Å²) in [7, 11) is -2.26. The largest absolute Gasteiger partial charge is 0.434 e. The van der Waals surface area contributed by atoms with Crippen LogP contribution >= 0.6 is 7.26 Å². The number of rotatable bonds is 5. The highest BCUT2D eigenvalue weighted by molar-refractivity contribution is 7.95. The molecule has 0 N–H and O–H groups in total. The van der Waals surface area contributed by atoms with Crippen molar-refractivity contribution >= 4 is 34.3 Å². The first-order valence-electron chi connectivity index (χ1n) is 9.97. The molecule has 0 atom stereocenters. The van der Waals surface area contributed by atoms with Crippen molar-refractivity contribution in [1.29, 1.82) is 0 Å². The quantitative estimate of drug-likeness (QED) is 0.339. The number of fused-ring (bicyclic) bond motifs is 1. The molecule has 5 aromatic rings. The third-order valence-electron chi connectivity index (χ3n) is 5.45. The minimum absolute atomic E-state index is 0.0673. The zero-order valence-electron chi connectivity index (χ0n) is 16.6. The van der Waals surface area contributed by atoms with Crippen molar-refractivity contribution in [3.63, 3.8) is 0 Å². The molecule has 0 bridgehead atoms. The molecule has 0 spiro atoms. The summed E-state index contributed by atoms with van der Waals surface area (Å²) < 4.78 is 34.4. The highest BCUT2D eigenvalue weighted by atomic mass is 31.2. The van der Waals surface area contributed by atoms with E-state index in [0.717, 1.165) is 28.0 Å². The van der Waals surface area contributed by atoms with Gasteiger partial charge in [0.25, 0.3) is 0 Å². The number of hydrogen-bond acceptors (Lipinski definition) is 2. The minimum atomic E-state index is -2.26. The molecule has 0 aliphatic rings. The van der Waals surface area contributed by atoms with Gasteiger partial charge in [0.2, 0.25) is 5.89 Å². The van der Waals surface area contributed by atoms with Crippen molar-refractivity contribution in [3.8, 4) is 0 Å². The number of halogens is 2. The Morgan fingerprint density at radius 3 is 1.52 bits per heavy atom. The molecule has 1 aromatic heterocycles. The van der Waals surface area contributed by atoms with E-state index in [1.54, 1.807) is 0 Å². The van der Waals surface area contributed by atoms with Crippen LogP contribution in [0.2, 0.25) is 0 Å². The Bertz CT molecular complexity index is 1190. The van der Waals surface area contributed by atoms with Gasteiger partial charge in [0.15, 0.2) is 17.2 Å². The number of nitrogens with zero attached hydrogens (tertiary/aromatic N) is 1. The van der Waals surface area contributed by atoms with Crippen molar-refractivity contribution in [2.75, 3.05) is 0 Å². The molecule has 152 valence electrons. The predicted molar refractivity (Wildman–Crippen MR) is 123 cm³/mol. The van der Waals surface area contributed by atoms with Gasteiger partial charge >= 0.3 is 0 Å². The van der Waals surface area contributed by atoms with Crippen LogP contribution in [-0.4, -0.2) is 4.98 Å². The highest BCUT2D eigenvalue weighted by Gasteiger charge is 2.47. The van der Waals surface area contributed by atoms with Crippen molar-refractivity contribution in [1.82, 2.24) is 4.98 Å². The molecule has 5 heteroatoms. The molecule has 0 fully saturated rings. The van der Waals surface area contributed by atoms with Crippen molar-refractivity contribution in [3.05, 3.63) is 121 Å². The molecular weight excluding hydrogens is 411 g/mol. The summed E-state index contributed by atoms with van der Waals surface area (Å²) in [6.07, 6.45) is 0.415. The maximum absolute atomic E-state index is 14.3. The first kappa shape index (κ1) is 19.6. The molecule has 31 heavy (non-hydrogen) atoms. The normalized spacial score (nSPS) is 11.7. The lowest BCUT2D eigenvalue weighted by atomic mass is 10.3. The maximum Gasteiger partial charge on any atom is 0.234 e. The first-order valence-corrected chi connectivity index (χ1v) is 11.9. The van der Waals surface area contributed by atoms with Crippen molar-refractivity contribution < 1.29 is 13.2 Å². The summed E-state index contributed by atoms with van der Waals surface area (Å²) in [6.45, 7) is 0. The van der Waals surface area contributed by atoms with Crippen LogP contribution < -0.4 is 15.9 Å². The van der Waals surface area contributed by atoms with Crippen LogP contribution in [0.4, 0.5) is 8.78 Å². The Kier molecular flexibility index (Phi) is 5.09. The Balaban J connectivity index is 1.78. The molecule has 0 saturated heterocycles. The van der Waals surface area contributed by atoms with Gasteiger partial charge in [-0.25, -0.2) is 13.8 Å². The lowest BCUT2D eigenvalue weighted by molar-refractivity contribution is 0.522. The second kappa shape index (κ2) is 8.05. The molecule has 1 heterocycles. The van der Waals surface area contributed by atoms with Gasteiger partial charge in [-0.15, -0.1) is 0 Å². The van der Waals surface area contributed by atoms with Crippen LogP contribution in [0.15, 0.2) is 108 Å². The predicted octanol–water partition coefficient (Wildman–Crippen LogP) is 5.60. The van der Waals surface area contributed by atoms with E-state index in [1.165, 1.54) is 0 Å². The van der Waals surface area contributed by atoms with Gasteiger partial charge in [-0.3, -0.25) is 0 Å². The van der Waals surface area contributed by atoms with E-state index in [-0.39, 0.29) is 11.1 Å². The van der Waals surface area contributed by atoms with Crippen LogP contribution in [-0.2, 0) is 6.16 Å². The second-order valence-corrected chi connectivity index (χ2v) is 10.8. The van der Waals surface area contributed by atoms with Crippen LogP contribution in [0.25, 0.3) is 11.1 Å². The molecule has 0 unspecified atom stereocenters. The monoisotopic (exact) mass is 430 g/mol. The van der Waals surface area contributed by atoms with Crippen molar-refractivity contribution in [2.24, 2.45) is 0 Å². The molecular formula is C26H19F2NOP+. The zero-order chi connectivity index (χ0) is 21.3. The Morgan fingerprint density at radius 2 is 1.06 bits per heavy atom. The summed E-state index contributed by atoms with van der Waals surface area (Å²) in [5, 5.41) is 3.45. The van der Waals surface area contributed by atoms with Crippen LogP contribution in [0.1, 0.15) is 5.89 Å². The Morgan fingerprint density at radius 1 is 0.613 bits per heavy atom. The molecule has 0 aliphatic carbocycles. The van der Waals surface area contributed by atoms with E-state index in [9.17, 15) is 8.78 Å². The lowest BCUT2D eigenvalue weighted by Gasteiger charge is -2.26. The second-order valence-electron chi connectivity index (χ2n) is 7.29. The Hall–Kier alpha value is -3.36. The zero-order valence-corrected chi connectivity index (χ0v) is 17.5. The summed E-state index contributed by atoms with van der Waals surface area (Å²) in [6, 6.07) is 32.8. The Labute approximate surface area is 179 Å². The third-order valence-corrected chi connectivity index (χ3v) is 9.74. The highest BCUT2D eigenvalue weighted by Crippen LogP contribution is 2.58. The minimum Gasteiger partial charge on any atom is -0.434 e. The van der Waals surface area contributed by atoms with E-state index < -0.39 is 18.9 Å². The van der Waals surface area contributed by atoms with Crippen molar-refractivity contribution in [2.45, 2.75) is 6.16 Å². The average Bonchev–Trinajstić information content (AvgIpc) is 3.27. The van der Waals surface area contributed by atoms with Gasteiger partial charge in [-0.1, -0.05) is 54.6 Å². The van der Waals surface area contributed by atoms with Crippen LogP contribution in [0.3, 0.4) is 0 Å². The fourth-order valence-corrected chi connectivity index (χ4v) is 8.05. The number of benzene rings is 4. The summed E-state index contributed by atoms with van der Waals surface area (Å²) >= 11 is 0. The first-order chi connectivity index (χ1) is 15.2. The van der Waals surface area contributed by atoms with Gasteiger partial charge in [0.1, 0.15) is 34.9 Å². The third kappa shape index (κ3) is 3.43. The number of oxazole rings is 1. The van der Waals surface area contributed by atoms with Gasteiger partial charge in [-0.2, -0.15) is 0 Å².